The number of carbonyl (C=O) groups excluding carboxylic acids is 1. The Morgan fingerprint density at radius 3 is 2.61 bits per heavy atom. The summed E-state index contributed by atoms with van der Waals surface area (Å²) in [6, 6.07) is 5.75. The predicted octanol–water partition coefficient (Wildman–Crippen LogP) is 1.47. The number of anilines is 1. The first-order chi connectivity index (χ1) is 15.9. The highest BCUT2D eigenvalue weighted by Crippen LogP contribution is 2.20. The highest BCUT2D eigenvalue weighted by atomic mass is 19.1. The Hall–Kier alpha value is -3.60. The number of likely N-dealkylation sites (tertiary alicyclic amines) is 1. The van der Waals surface area contributed by atoms with Gasteiger partial charge in [-0.1, -0.05) is 12.1 Å². The summed E-state index contributed by atoms with van der Waals surface area (Å²) in [5.74, 6) is 0.379. The number of rotatable bonds is 4. The largest absolute Gasteiger partial charge is 0.403 e. The molecule has 2 atom stereocenters. The summed E-state index contributed by atoms with van der Waals surface area (Å²) in [4.78, 5) is 24.6. The van der Waals surface area contributed by atoms with Crippen LogP contribution in [-0.4, -0.2) is 66.4 Å². The molecule has 0 amide bonds. The van der Waals surface area contributed by atoms with E-state index in [-0.39, 0.29) is 28.8 Å². The van der Waals surface area contributed by atoms with Gasteiger partial charge < -0.3 is 27.4 Å². The van der Waals surface area contributed by atoms with E-state index in [9.17, 15) is 13.6 Å². The number of amidine groups is 1. The van der Waals surface area contributed by atoms with Crippen LogP contribution in [0.4, 0.5) is 14.6 Å². The average molecular weight is 461 g/mol. The molecule has 1 aliphatic heterocycles. The fourth-order valence-corrected chi connectivity index (χ4v) is 3.30. The van der Waals surface area contributed by atoms with Crippen LogP contribution in [-0.2, 0) is 0 Å². The van der Waals surface area contributed by atoms with Gasteiger partial charge in [-0.25, -0.2) is 18.7 Å². The number of nitrogens with one attached hydrogen (secondary N) is 1. The molecule has 33 heavy (non-hydrogen) atoms. The lowest BCUT2D eigenvalue weighted by Gasteiger charge is -2.25. The van der Waals surface area contributed by atoms with Crippen molar-refractivity contribution < 1.29 is 13.6 Å². The summed E-state index contributed by atoms with van der Waals surface area (Å²) >= 11 is 0. The maximum Gasteiger partial charge on any atom is 0.172 e. The fraction of sp³-hybridized carbons (Fsp3) is 0.364. The van der Waals surface area contributed by atoms with Gasteiger partial charge in [0, 0.05) is 45.0 Å². The minimum atomic E-state index is -0.932. The van der Waals surface area contributed by atoms with Crippen LogP contribution in [0.15, 0.2) is 47.4 Å². The average Bonchev–Trinajstić information content (AvgIpc) is 2.99. The number of likely N-dealkylation sites (N-methyl/N-ethyl adjacent to an activating group) is 1. The van der Waals surface area contributed by atoms with Crippen molar-refractivity contribution in [1.29, 1.82) is 0 Å². The Morgan fingerprint density at radius 1 is 1.30 bits per heavy atom. The third-order valence-electron chi connectivity index (χ3n) is 5.15. The van der Waals surface area contributed by atoms with Crippen molar-refractivity contribution in [2.75, 3.05) is 32.9 Å². The molecule has 1 aromatic heterocycles. The van der Waals surface area contributed by atoms with Gasteiger partial charge in [-0.05, 0) is 25.0 Å². The zero-order valence-corrected chi connectivity index (χ0v) is 18.7. The molecule has 3 rings (SSSR count). The van der Waals surface area contributed by atoms with Gasteiger partial charge in [0.15, 0.2) is 12.1 Å². The number of alkyl halides is 1. The first-order valence-corrected chi connectivity index (χ1v) is 10.4. The van der Waals surface area contributed by atoms with Crippen LogP contribution in [0.25, 0.3) is 11.3 Å². The molecule has 1 saturated heterocycles. The first-order valence-electron chi connectivity index (χ1n) is 10.4. The number of benzene rings is 1. The molecule has 178 valence electrons. The number of halogens is 2. The molecule has 7 N–H and O–H groups in total. The molecule has 1 aromatic carbocycles. The van der Waals surface area contributed by atoms with Crippen molar-refractivity contribution in [3.05, 3.63) is 53.9 Å². The highest BCUT2D eigenvalue weighted by molar-refractivity contribution is 5.97. The van der Waals surface area contributed by atoms with Gasteiger partial charge in [0.1, 0.15) is 23.5 Å². The zero-order chi connectivity index (χ0) is 24.4. The molecular formula is C22H30F2N8O. The second kappa shape index (κ2) is 12.4. The lowest BCUT2D eigenvalue weighted by atomic mass is 10.1. The van der Waals surface area contributed by atoms with Crippen molar-refractivity contribution in [3.63, 3.8) is 0 Å². The second-order valence-electron chi connectivity index (χ2n) is 7.25. The fourth-order valence-electron chi connectivity index (χ4n) is 3.30. The van der Waals surface area contributed by atoms with Crippen molar-refractivity contribution in [2.24, 2.45) is 16.5 Å². The monoisotopic (exact) mass is 460 g/mol. The van der Waals surface area contributed by atoms with Gasteiger partial charge in [0.2, 0.25) is 0 Å². The van der Waals surface area contributed by atoms with E-state index < -0.39 is 12.0 Å². The number of nitrogens with two attached hydrogens (primary N) is 3. The Morgan fingerprint density at radius 2 is 2.00 bits per heavy atom. The van der Waals surface area contributed by atoms with Crippen molar-refractivity contribution >= 4 is 17.9 Å². The minimum Gasteiger partial charge on any atom is -0.403 e. The summed E-state index contributed by atoms with van der Waals surface area (Å²) in [5, 5.41) is 2.98. The molecule has 2 unspecified atom stereocenters. The maximum absolute atomic E-state index is 13.5. The Balaban J connectivity index is 0.000000234. The van der Waals surface area contributed by atoms with Crippen LogP contribution >= 0.6 is 0 Å². The van der Waals surface area contributed by atoms with E-state index in [1.165, 1.54) is 18.5 Å². The van der Waals surface area contributed by atoms with Crippen LogP contribution < -0.4 is 22.5 Å². The van der Waals surface area contributed by atoms with Gasteiger partial charge in [0.25, 0.3) is 0 Å². The van der Waals surface area contributed by atoms with Gasteiger partial charge in [0.05, 0.1) is 17.6 Å². The van der Waals surface area contributed by atoms with E-state index in [1.807, 2.05) is 4.90 Å². The molecule has 0 saturated carbocycles. The molecule has 0 bridgehead atoms. The summed E-state index contributed by atoms with van der Waals surface area (Å²) < 4.78 is 26.9. The Kier molecular flexibility index (Phi) is 9.67. The summed E-state index contributed by atoms with van der Waals surface area (Å²) in [6.45, 7) is 1.31. The third-order valence-corrected chi connectivity index (χ3v) is 5.15. The number of nitrogens with zero attached hydrogens (tertiary/aromatic N) is 4. The quantitative estimate of drug-likeness (QED) is 0.305. The van der Waals surface area contributed by atoms with E-state index >= 15 is 0 Å². The Bertz CT molecular complexity index is 986. The van der Waals surface area contributed by atoms with E-state index in [0.717, 1.165) is 11.5 Å². The number of hydrogen-bond acceptors (Lipinski definition) is 8. The van der Waals surface area contributed by atoms with Crippen LogP contribution in [0.2, 0.25) is 0 Å². The number of aromatic nitrogens is 2. The molecule has 0 aliphatic carbocycles. The summed E-state index contributed by atoms with van der Waals surface area (Å²) in [7, 11) is 3.49. The number of aldehydes is 1. The Labute approximate surface area is 191 Å². The van der Waals surface area contributed by atoms with Crippen molar-refractivity contribution in [2.45, 2.75) is 25.1 Å². The lowest BCUT2D eigenvalue weighted by Crippen LogP contribution is -2.37. The molecule has 1 aliphatic rings. The van der Waals surface area contributed by atoms with Gasteiger partial charge in [-0.2, -0.15) is 0 Å². The van der Waals surface area contributed by atoms with E-state index in [2.05, 4.69) is 20.3 Å². The number of aliphatic imine (C=N–C) groups is 1. The second-order valence-corrected chi connectivity index (χ2v) is 7.25. The van der Waals surface area contributed by atoms with Gasteiger partial charge >= 0.3 is 0 Å². The molecule has 2 heterocycles. The number of carbonyl (C=O) groups is 1. The first kappa shape index (κ1) is 25.7. The van der Waals surface area contributed by atoms with Crippen LogP contribution in [0.3, 0.4) is 0 Å². The normalized spacial score (nSPS) is 19.2. The lowest BCUT2D eigenvalue weighted by molar-refractivity contribution is 0.111. The van der Waals surface area contributed by atoms with Crippen LogP contribution in [0, 0.1) is 5.82 Å². The minimum absolute atomic E-state index is 0.0146. The standard InChI is InChI=1S/C11H22FN5.C11H8FN3O/c1-15-10(7-13)11(16-2)17-5-3-8(12)9(14)4-6-17;12-8-4-2-1-3-7(8)9-5-14-11(13)10(6-16)15-9/h7-9,15H,3-6,13-14H2,1-2H3;1-6H,(H2,13,14)/b10-7+,16-11?;. The zero-order valence-electron chi connectivity index (χ0n) is 18.7. The van der Waals surface area contributed by atoms with E-state index in [4.69, 9.17) is 17.2 Å². The summed E-state index contributed by atoms with van der Waals surface area (Å²) in [6.07, 6.45) is 3.43. The topological polar surface area (TPSA) is 149 Å². The molecule has 2 aromatic rings. The molecule has 0 spiro atoms. The van der Waals surface area contributed by atoms with Crippen LogP contribution in [0.5, 0.6) is 0 Å². The third kappa shape index (κ3) is 6.69. The molecule has 11 heteroatoms. The van der Waals surface area contributed by atoms with E-state index in [0.29, 0.717) is 32.2 Å². The van der Waals surface area contributed by atoms with Gasteiger partial charge in [-0.15, -0.1) is 0 Å². The maximum atomic E-state index is 13.5. The smallest absolute Gasteiger partial charge is 0.172 e. The van der Waals surface area contributed by atoms with Crippen molar-refractivity contribution in [1.82, 2.24) is 20.2 Å². The molecule has 9 nitrogen and oxygen atoms in total. The number of nitrogen functional groups attached to an aromatic ring is 1. The highest BCUT2D eigenvalue weighted by Gasteiger charge is 2.25. The molecule has 0 radical (unpaired) electrons. The molecular weight excluding hydrogens is 430 g/mol. The summed E-state index contributed by atoms with van der Waals surface area (Å²) in [5.41, 5.74) is 18.0. The van der Waals surface area contributed by atoms with Crippen LogP contribution in [0.1, 0.15) is 23.3 Å². The van der Waals surface area contributed by atoms with Crippen molar-refractivity contribution in [3.8, 4) is 11.3 Å². The van der Waals surface area contributed by atoms with E-state index in [1.54, 1.807) is 32.3 Å². The number of hydrogen-bond donors (Lipinski definition) is 4. The molecule has 1 fully saturated rings. The van der Waals surface area contributed by atoms with Gasteiger partial charge in [-0.3, -0.25) is 9.79 Å². The predicted molar refractivity (Wildman–Crippen MR) is 126 cm³/mol. The SMILES string of the molecule is CN=C(/C(=C\N)NC)N1CCC(N)C(F)CC1.Nc1ncc(-c2ccccc2F)nc1C=O.